The molecule has 0 N–H and O–H groups in total. The first-order valence-electron chi connectivity index (χ1n) is 9.52. The molecule has 0 bridgehead atoms. The minimum absolute atomic E-state index is 0.0977. The maximum atomic E-state index is 13.0. The predicted molar refractivity (Wildman–Crippen MR) is 115 cm³/mol. The van der Waals surface area contributed by atoms with Crippen molar-refractivity contribution < 1.29 is 9.21 Å². The topological polar surface area (TPSA) is 95.6 Å². The Morgan fingerprint density at radius 2 is 1.87 bits per heavy atom. The van der Waals surface area contributed by atoms with Gasteiger partial charge in [0.2, 0.25) is 0 Å². The maximum Gasteiger partial charge on any atom is 0.194 e. The number of hydrogen-bond donors (Lipinski definition) is 0. The Balaban J connectivity index is 1.65. The van der Waals surface area contributed by atoms with E-state index in [0.717, 1.165) is 16.8 Å². The highest BCUT2D eigenvalue weighted by molar-refractivity contribution is 6.29. The number of nitriles is 2. The number of ketones is 1. The van der Waals surface area contributed by atoms with E-state index in [9.17, 15) is 15.3 Å². The summed E-state index contributed by atoms with van der Waals surface area (Å²) in [7, 11) is 1.93. The molecule has 0 fully saturated rings. The Hall–Kier alpha value is -4.68. The van der Waals surface area contributed by atoms with Gasteiger partial charge in [0.25, 0.3) is 0 Å². The Morgan fingerprint density at radius 3 is 2.55 bits per heavy atom. The molecule has 0 atom stereocenters. The largest absolute Gasteiger partial charge is 0.455 e. The molecule has 0 amide bonds. The molecule has 1 aliphatic carbocycles. The fourth-order valence-corrected chi connectivity index (χ4v) is 3.98. The number of carbonyl (C=O) groups is 1. The number of fused-ring (bicyclic) bond motifs is 2. The lowest BCUT2D eigenvalue weighted by Gasteiger charge is -2.02. The van der Waals surface area contributed by atoms with Gasteiger partial charge in [0.1, 0.15) is 23.5 Å². The molecule has 4 aromatic rings. The number of hydrogen-bond acceptors (Lipinski definition) is 5. The van der Waals surface area contributed by atoms with E-state index in [-0.39, 0.29) is 16.9 Å². The van der Waals surface area contributed by atoms with Crippen LogP contribution in [0.3, 0.4) is 0 Å². The number of aryl methyl sites for hydroxylation is 1. The molecule has 31 heavy (non-hydrogen) atoms. The van der Waals surface area contributed by atoms with Crippen LogP contribution in [0, 0.1) is 22.7 Å². The number of rotatable bonds is 2. The zero-order valence-corrected chi connectivity index (χ0v) is 16.5. The van der Waals surface area contributed by atoms with Gasteiger partial charge in [-0.3, -0.25) is 9.78 Å². The standard InChI is InChI=1S/C25H14N4O2/c1-29-21(15-5-4-8-28-14-15)11-23-22(29)10-17(31-23)9-20-24(16(12-26)13-27)18-6-2-3-7-19(18)25(20)30/h2-11,14H,1H3/b20-9-. The molecule has 0 saturated heterocycles. The third-order valence-corrected chi connectivity index (χ3v) is 5.42. The van der Waals surface area contributed by atoms with Gasteiger partial charge in [-0.25, -0.2) is 0 Å². The van der Waals surface area contributed by atoms with Crippen molar-refractivity contribution in [2.75, 3.05) is 0 Å². The van der Waals surface area contributed by atoms with Gasteiger partial charge >= 0.3 is 0 Å². The van der Waals surface area contributed by atoms with Crippen molar-refractivity contribution in [2.45, 2.75) is 0 Å². The van der Waals surface area contributed by atoms with E-state index in [0.29, 0.717) is 28.0 Å². The molecular weight excluding hydrogens is 388 g/mol. The van der Waals surface area contributed by atoms with E-state index in [1.165, 1.54) is 0 Å². The molecule has 0 radical (unpaired) electrons. The minimum atomic E-state index is -0.231. The van der Waals surface area contributed by atoms with Crippen LogP contribution in [0.15, 0.2) is 76.5 Å². The smallest absolute Gasteiger partial charge is 0.194 e. The number of nitrogens with zero attached hydrogens (tertiary/aromatic N) is 4. The highest BCUT2D eigenvalue weighted by atomic mass is 16.3. The van der Waals surface area contributed by atoms with E-state index < -0.39 is 0 Å². The van der Waals surface area contributed by atoms with Crippen LogP contribution in [0.4, 0.5) is 0 Å². The van der Waals surface area contributed by atoms with Crippen LogP contribution in [0.2, 0.25) is 0 Å². The van der Waals surface area contributed by atoms with Crippen LogP contribution in [0.1, 0.15) is 21.7 Å². The Kier molecular flexibility index (Phi) is 4.13. The summed E-state index contributed by atoms with van der Waals surface area (Å²) in [4.78, 5) is 17.2. The van der Waals surface area contributed by atoms with E-state index in [1.807, 2.05) is 48.0 Å². The summed E-state index contributed by atoms with van der Waals surface area (Å²) in [6.45, 7) is 0. The molecule has 1 aromatic carbocycles. The van der Waals surface area contributed by atoms with Crippen LogP contribution >= 0.6 is 0 Å². The van der Waals surface area contributed by atoms with Crippen molar-refractivity contribution in [3.63, 3.8) is 0 Å². The van der Waals surface area contributed by atoms with Crippen molar-refractivity contribution in [2.24, 2.45) is 7.05 Å². The van der Waals surface area contributed by atoms with Crippen LogP contribution < -0.4 is 0 Å². The first-order chi connectivity index (χ1) is 15.1. The van der Waals surface area contributed by atoms with Crippen molar-refractivity contribution >= 4 is 28.5 Å². The van der Waals surface area contributed by atoms with Gasteiger partial charge in [-0.15, -0.1) is 0 Å². The Labute approximate surface area is 177 Å². The molecule has 0 spiro atoms. The molecule has 0 saturated carbocycles. The second-order valence-electron chi connectivity index (χ2n) is 7.13. The second kappa shape index (κ2) is 6.98. The second-order valence-corrected chi connectivity index (χ2v) is 7.13. The predicted octanol–water partition coefficient (Wildman–Crippen LogP) is 4.91. The first-order valence-corrected chi connectivity index (χ1v) is 9.52. The number of furan rings is 1. The molecule has 6 heteroatoms. The van der Waals surface area contributed by atoms with Gasteiger partial charge in [-0.2, -0.15) is 10.5 Å². The van der Waals surface area contributed by atoms with Crippen LogP contribution in [-0.4, -0.2) is 15.3 Å². The van der Waals surface area contributed by atoms with Crippen LogP contribution in [0.25, 0.3) is 34.0 Å². The number of aromatic nitrogens is 2. The van der Waals surface area contributed by atoms with E-state index in [1.54, 1.807) is 42.7 Å². The quantitative estimate of drug-likeness (QED) is 0.350. The molecule has 3 aromatic heterocycles. The fourth-order valence-electron chi connectivity index (χ4n) is 3.98. The SMILES string of the molecule is Cn1c(-c2cccnc2)cc2oc(/C=C3\C(=O)c4ccccc4C3=C(C#N)C#N)cc21. The van der Waals surface area contributed by atoms with Crippen LogP contribution in [-0.2, 0) is 7.05 Å². The van der Waals surface area contributed by atoms with Crippen molar-refractivity contribution in [1.82, 2.24) is 9.55 Å². The summed E-state index contributed by atoms with van der Waals surface area (Å²) >= 11 is 0. The monoisotopic (exact) mass is 402 g/mol. The summed E-state index contributed by atoms with van der Waals surface area (Å²) in [5, 5.41) is 18.9. The summed E-state index contributed by atoms with van der Waals surface area (Å²) < 4.78 is 7.99. The molecular formula is C25H14N4O2. The summed E-state index contributed by atoms with van der Waals surface area (Å²) in [5.41, 5.74) is 5.06. The van der Waals surface area contributed by atoms with Gasteiger partial charge in [0, 0.05) is 53.8 Å². The third kappa shape index (κ3) is 2.78. The van der Waals surface area contributed by atoms with Gasteiger partial charge in [0.15, 0.2) is 11.4 Å². The molecule has 146 valence electrons. The van der Waals surface area contributed by atoms with E-state index in [4.69, 9.17) is 4.42 Å². The zero-order chi connectivity index (χ0) is 21.5. The van der Waals surface area contributed by atoms with E-state index >= 15 is 0 Å². The normalized spacial score (nSPS) is 14.0. The third-order valence-electron chi connectivity index (χ3n) is 5.42. The summed E-state index contributed by atoms with van der Waals surface area (Å²) in [6, 6.07) is 18.4. The van der Waals surface area contributed by atoms with Crippen LogP contribution in [0.5, 0.6) is 0 Å². The lowest BCUT2D eigenvalue weighted by Crippen LogP contribution is -1.95. The number of pyridine rings is 1. The van der Waals surface area contributed by atoms with Crippen molar-refractivity contribution in [1.29, 1.82) is 10.5 Å². The highest BCUT2D eigenvalue weighted by Gasteiger charge is 2.32. The van der Waals surface area contributed by atoms with Gasteiger partial charge in [0.05, 0.1) is 11.2 Å². The lowest BCUT2D eigenvalue weighted by molar-refractivity contribution is 0.104. The first kappa shape index (κ1) is 18.4. The molecule has 0 aliphatic heterocycles. The minimum Gasteiger partial charge on any atom is -0.455 e. The van der Waals surface area contributed by atoms with E-state index in [2.05, 4.69) is 4.98 Å². The number of carbonyl (C=O) groups excluding carboxylic acids is 1. The zero-order valence-electron chi connectivity index (χ0n) is 16.5. The molecule has 6 nitrogen and oxygen atoms in total. The highest BCUT2D eigenvalue weighted by Crippen LogP contribution is 2.40. The molecule has 5 rings (SSSR count). The number of Topliss-reactive ketones (excluding diaryl/α,β-unsaturated/α-hetero) is 1. The Morgan fingerprint density at radius 1 is 1.10 bits per heavy atom. The van der Waals surface area contributed by atoms with Gasteiger partial charge < -0.3 is 8.98 Å². The maximum absolute atomic E-state index is 13.0. The number of allylic oxidation sites excluding steroid dienone is 3. The molecule has 0 unspecified atom stereocenters. The average molecular weight is 402 g/mol. The molecule has 1 aliphatic rings. The summed E-state index contributed by atoms with van der Waals surface area (Å²) in [6.07, 6.45) is 5.11. The van der Waals surface area contributed by atoms with Crippen molar-refractivity contribution in [3.8, 4) is 23.4 Å². The molecule has 3 heterocycles. The summed E-state index contributed by atoms with van der Waals surface area (Å²) in [5.74, 6) is 0.243. The Bertz CT molecular complexity index is 1500. The van der Waals surface area contributed by atoms with Gasteiger partial charge in [-0.05, 0) is 23.8 Å². The van der Waals surface area contributed by atoms with Crippen molar-refractivity contribution in [3.05, 3.63) is 89.0 Å². The fraction of sp³-hybridized carbons (Fsp3) is 0.0400. The average Bonchev–Trinajstić information content (AvgIpc) is 3.43. The number of benzene rings is 1. The lowest BCUT2D eigenvalue weighted by atomic mass is 9.99. The van der Waals surface area contributed by atoms with Gasteiger partial charge in [-0.1, -0.05) is 24.3 Å².